The first-order chi connectivity index (χ1) is 11.0. The van der Waals surface area contributed by atoms with E-state index in [0.29, 0.717) is 12.3 Å². The van der Waals surface area contributed by atoms with Crippen molar-refractivity contribution in [2.75, 3.05) is 12.5 Å². The van der Waals surface area contributed by atoms with Gasteiger partial charge in [-0.25, -0.2) is 17.6 Å². The van der Waals surface area contributed by atoms with Gasteiger partial charge >= 0.3 is 0 Å². The van der Waals surface area contributed by atoms with Crippen LogP contribution in [0, 0.1) is 23.3 Å². The molecule has 0 spiro atoms. The molecule has 124 valence electrons. The van der Waals surface area contributed by atoms with E-state index in [9.17, 15) is 17.6 Å². The Hall–Kier alpha value is -1.75. The summed E-state index contributed by atoms with van der Waals surface area (Å²) < 4.78 is 60.9. The van der Waals surface area contributed by atoms with Crippen molar-refractivity contribution in [2.45, 2.75) is 19.3 Å². The summed E-state index contributed by atoms with van der Waals surface area (Å²) in [6, 6.07) is 4.86. The molecule has 0 aromatic heterocycles. The van der Waals surface area contributed by atoms with Crippen LogP contribution in [0.5, 0.6) is 5.75 Å². The lowest BCUT2D eigenvalue weighted by Crippen LogP contribution is -2.01. The second-order valence-corrected chi connectivity index (χ2v) is 5.33. The number of ether oxygens (including phenoxy) is 1. The summed E-state index contributed by atoms with van der Waals surface area (Å²) in [6.07, 6.45) is 2.37. The van der Waals surface area contributed by atoms with Crippen LogP contribution >= 0.6 is 11.6 Å². The molecule has 6 heteroatoms. The van der Waals surface area contributed by atoms with Crippen LogP contribution in [0.25, 0.3) is 11.1 Å². The molecule has 0 atom stereocenters. The van der Waals surface area contributed by atoms with Gasteiger partial charge in [0, 0.05) is 18.0 Å². The quantitative estimate of drug-likeness (QED) is 0.355. The number of rotatable bonds is 7. The monoisotopic (exact) mass is 346 g/mol. The first-order valence-corrected chi connectivity index (χ1v) is 7.70. The van der Waals surface area contributed by atoms with E-state index in [-0.39, 0.29) is 12.4 Å². The van der Waals surface area contributed by atoms with Crippen LogP contribution in [-0.2, 0) is 0 Å². The number of hydrogen-bond donors (Lipinski definition) is 0. The Morgan fingerprint density at radius 1 is 0.783 bits per heavy atom. The van der Waals surface area contributed by atoms with Crippen molar-refractivity contribution < 1.29 is 22.3 Å². The Kier molecular flexibility index (Phi) is 6.28. The molecule has 0 radical (unpaired) electrons. The van der Waals surface area contributed by atoms with Crippen LogP contribution in [0.3, 0.4) is 0 Å². The molecule has 0 bridgehead atoms. The molecule has 1 nitrogen and oxygen atoms in total. The number of alkyl halides is 1. The van der Waals surface area contributed by atoms with E-state index in [1.54, 1.807) is 0 Å². The largest absolute Gasteiger partial charge is 0.493 e. The fourth-order valence-corrected chi connectivity index (χ4v) is 2.36. The highest BCUT2D eigenvalue weighted by Crippen LogP contribution is 2.33. The fraction of sp³-hybridized carbons (Fsp3) is 0.294. The third-order valence-corrected chi connectivity index (χ3v) is 3.54. The lowest BCUT2D eigenvalue weighted by Gasteiger charge is -2.11. The Morgan fingerprint density at radius 3 is 1.91 bits per heavy atom. The minimum atomic E-state index is -1.08. The maximum absolute atomic E-state index is 14.1. The van der Waals surface area contributed by atoms with Crippen LogP contribution in [0.2, 0.25) is 0 Å². The molecular formula is C17H15ClF4O. The molecule has 2 aromatic rings. The van der Waals surface area contributed by atoms with Crippen LogP contribution in [0.15, 0.2) is 30.3 Å². The molecule has 0 saturated heterocycles. The summed E-state index contributed by atoms with van der Waals surface area (Å²) in [5.41, 5.74) is -1.47. The molecule has 0 fully saturated rings. The van der Waals surface area contributed by atoms with E-state index < -0.39 is 34.4 Å². The SMILES string of the molecule is Fc1cccc(F)c1-c1c(F)cc(OCCCCCCl)cc1F. The van der Waals surface area contributed by atoms with Crippen molar-refractivity contribution in [3.63, 3.8) is 0 Å². The number of hydrogen-bond acceptors (Lipinski definition) is 1. The predicted octanol–water partition coefficient (Wildman–Crippen LogP) is 5.70. The molecule has 0 aliphatic rings. The molecule has 0 heterocycles. The van der Waals surface area contributed by atoms with E-state index in [2.05, 4.69) is 0 Å². The average Bonchev–Trinajstić information content (AvgIpc) is 2.49. The number of benzene rings is 2. The van der Waals surface area contributed by atoms with Crippen LogP contribution in [0.4, 0.5) is 17.6 Å². The van der Waals surface area contributed by atoms with Crippen LogP contribution in [0.1, 0.15) is 19.3 Å². The van der Waals surface area contributed by atoms with E-state index >= 15 is 0 Å². The normalized spacial score (nSPS) is 10.8. The summed E-state index contributed by atoms with van der Waals surface area (Å²) >= 11 is 5.54. The van der Waals surface area contributed by atoms with Gasteiger partial charge in [0.15, 0.2) is 0 Å². The topological polar surface area (TPSA) is 9.23 Å². The lowest BCUT2D eigenvalue weighted by molar-refractivity contribution is 0.303. The maximum atomic E-state index is 14.1. The predicted molar refractivity (Wildman–Crippen MR) is 81.8 cm³/mol. The molecule has 0 aliphatic carbocycles. The molecule has 2 rings (SSSR count). The van der Waals surface area contributed by atoms with Crippen molar-refractivity contribution in [1.82, 2.24) is 0 Å². The first-order valence-electron chi connectivity index (χ1n) is 7.16. The van der Waals surface area contributed by atoms with Gasteiger partial charge < -0.3 is 4.74 Å². The van der Waals surface area contributed by atoms with Gasteiger partial charge in [-0.2, -0.15) is 0 Å². The minimum Gasteiger partial charge on any atom is -0.493 e. The van der Waals surface area contributed by atoms with Crippen LogP contribution in [-0.4, -0.2) is 12.5 Å². The Labute approximate surface area is 136 Å². The van der Waals surface area contributed by atoms with Crippen molar-refractivity contribution in [3.8, 4) is 16.9 Å². The molecule has 0 unspecified atom stereocenters. The third-order valence-electron chi connectivity index (χ3n) is 3.28. The smallest absolute Gasteiger partial charge is 0.137 e. The molecule has 0 amide bonds. The van der Waals surface area contributed by atoms with Gasteiger partial charge in [-0.3, -0.25) is 0 Å². The molecule has 0 aliphatic heterocycles. The molecule has 2 aromatic carbocycles. The van der Waals surface area contributed by atoms with E-state index in [4.69, 9.17) is 16.3 Å². The van der Waals surface area contributed by atoms with Gasteiger partial charge in [0.1, 0.15) is 29.0 Å². The van der Waals surface area contributed by atoms with E-state index in [1.807, 2.05) is 0 Å². The maximum Gasteiger partial charge on any atom is 0.137 e. The second-order valence-electron chi connectivity index (χ2n) is 4.96. The standard InChI is InChI=1S/C17H15ClF4O/c18-7-2-1-3-8-23-11-9-14(21)17(15(22)10-11)16-12(19)5-4-6-13(16)20/h4-6,9-10H,1-3,7-8H2. The molecule has 0 saturated carbocycles. The van der Waals surface area contributed by atoms with E-state index in [0.717, 1.165) is 43.2 Å². The third kappa shape index (κ3) is 4.38. The zero-order valence-electron chi connectivity index (χ0n) is 12.2. The van der Waals surface area contributed by atoms with Crippen molar-refractivity contribution >= 4 is 11.6 Å². The van der Waals surface area contributed by atoms with Gasteiger partial charge in [0.05, 0.1) is 17.7 Å². The summed E-state index contributed by atoms with van der Waals surface area (Å²) in [5.74, 6) is -3.69. The molecule has 23 heavy (non-hydrogen) atoms. The highest BCUT2D eigenvalue weighted by atomic mass is 35.5. The summed E-state index contributed by atoms with van der Waals surface area (Å²) in [7, 11) is 0. The highest BCUT2D eigenvalue weighted by molar-refractivity contribution is 6.17. The van der Waals surface area contributed by atoms with Gasteiger partial charge in [-0.05, 0) is 31.4 Å². The highest BCUT2D eigenvalue weighted by Gasteiger charge is 2.20. The van der Waals surface area contributed by atoms with Gasteiger partial charge in [-0.15, -0.1) is 11.6 Å². The van der Waals surface area contributed by atoms with E-state index in [1.165, 1.54) is 0 Å². The first kappa shape index (κ1) is 17.6. The Balaban J connectivity index is 2.21. The Morgan fingerprint density at radius 2 is 1.35 bits per heavy atom. The summed E-state index contributed by atoms with van der Waals surface area (Å²) in [5, 5.41) is 0. The Bertz CT molecular complexity index is 632. The lowest BCUT2D eigenvalue weighted by atomic mass is 10.0. The number of unbranched alkanes of at least 4 members (excludes halogenated alkanes) is 2. The fourth-order valence-electron chi connectivity index (χ4n) is 2.17. The zero-order chi connectivity index (χ0) is 16.8. The summed E-state index contributed by atoms with van der Waals surface area (Å²) in [4.78, 5) is 0. The van der Waals surface area contributed by atoms with Gasteiger partial charge in [0.25, 0.3) is 0 Å². The van der Waals surface area contributed by atoms with Gasteiger partial charge in [0.2, 0.25) is 0 Å². The molecule has 0 N–H and O–H groups in total. The molecular weight excluding hydrogens is 332 g/mol. The summed E-state index contributed by atoms with van der Waals surface area (Å²) in [6.45, 7) is 0.281. The number of halogens is 5. The van der Waals surface area contributed by atoms with Crippen molar-refractivity contribution in [3.05, 3.63) is 53.6 Å². The zero-order valence-corrected chi connectivity index (χ0v) is 13.0. The van der Waals surface area contributed by atoms with Crippen molar-refractivity contribution in [1.29, 1.82) is 0 Å². The van der Waals surface area contributed by atoms with Crippen LogP contribution < -0.4 is 4.74 Å². The minimum absolute atomic E-state index is 0.0219. The second kappa shape index (κ2) is 8.20. The van der Waals surface area contributed by atoms with Gasteiger partial charge in [-0.1, -0.05) is 6.07 Å². The average molecular weight is 347 g/mol. The van der Waals surface area contributed by atoms with Crippen molar-refractivity contribution in [2.24, 2.45) is 0 Å².